The van der Waals surface area contributed by atoms with Crippen LogP contribution in [-0.2, 0) is 14.4 Å². The van der Waals surface area contributed by atoms with Crippen molar-refractivity contribution in [1.82, 2.24) is 20.2 Å². The predicted octanol–water partition coefficient (Wildman–Crippen LogP) is 7.11. The summed E-state index contributed by atoms with van der Waals surface area (Å²) in [7, 11) is 1.63. The zero-order valence-electron chi connectivity index (χ0n) is 30.6. The summed E-state index contributed by atoms with van der Waals surface area (Å²) in [6, 6.07) is 13.8. The second-order valence-corrected chi connectivity index (χ2v) is 15.6. The Morgan fingerprint density at radius 3 is 2.64 bits per heavy atom. The van der Waals surface area contributed by atoms with Gasteiger partial charge in [0.25, 0.3) is 0 Å². The average molecular weight is 738 g/mol. The van der Waals surface area contributed by atoms with Crippen LogP contribution in [0.15, 0.2) is 66.1 Å². The first-order valence-corrected chi connectivity index (χ1v) is 19.4. The summed E-state index contributed by atoms with van der Waals surface area (Å²) in [6.07, 6.45) is 7.96. The number of hydrogen-bond donors (Lipinski definition) is 3. The van der Waals surface area contributed by atoms with Gasteiger partial charge in [0.1, 0.15) is 45.9 Å². The van der Waals surface area contributed by atoms with E-state index in [9.17, 15) is 19.5 Å². The lowest BCUT2D eigenvalue weighted by Gasteiger charge is -2.30. The molecule has 1 aliphatic carbocycles. The van der Waals surface area contributed by atoms with Crippen LogP contribution in [0, 0.1) is 12.8 Å². The number of anilines is 1. The van der Waals surface area contributed by atoms with Gasteiger partial charge in [-0.25, -0.2) is 14.8 Å². The number of nitrogens with zero attached hydrogens (tertiary/aromatic N) is 3. The molecule has 5 atom stereocenters. The minimum Gasteiger partial charge on any atom is -0.496 e. The van der Waals surface area contributed by atoms with Crippen LogP contribution in [0.25, 0.3) is 21.6 Å². The number of para-hydroxylation sites is 1. The van der Waals surface area contributed by atoms with Crippen molar-refractivity contribution in [2.45, 2.75) is 95.4 Å². The molecule has 2 amide bonds. The number of carbonyl (C=O) groups excluding carboxylic acids is 2. The maximum atomic E-state index is 14.6. The number of carbonyl (C=O) groups is 3. The summed E-state index contributed by atoms with van der Waals surface area (Å²) in [4.78, 5) is 52.9. The summed E-state index contributed by atoms with van der Waals surface area (Å²) < 4.78 is 12.4. The number of amides is 2. The molecule has 0 unspecified atom stereocenters. The molecule has 278 valence electrons. The normalized spacial score (nSPS) is 24.9. The molecule has 0 bridgehead atoms. The molecular formula is C41H47N5O6S. The standard InChI is InChI=1S/C41H47N5O6S/c1-24(2)32-23-53-38(44-32)31-20-35(29-17-18-34(51-4)25(3)36(29)43-31)52-28-19-33-37(47)45-41(40(49)50)21-26(41)13-9-6-5-7-12-16-30(39(48)46(33)22-28)42-27-14-10-8-11-15-27/h8-11,13-15,17-18,20,23-24,26,28,30,33,42H,5-7,12,16,19,21-22H2,1-4H3,(H,45,47)(H,49,50)/t26-,28-,30+,33+,41-/m1/s1. The number of aliphatic carboxylic acids is 1. The van der Waals surface area contributed by atoms with Crippen LogP contribution in [-0.4, -0.2) is 75.1 Å². The van der Waals surface area contributed by atoms with E-state index in [-0.39, 0.29) is 30.7 Å². The second-order valence-electron chi connectivity index (χ2n) is 14.7. The van der Waals surface area contributed by atoms with Gasteiger partial charge in [0, 0.05) is 40.4 Å². The van der Waals surface area contributed by atoms with Crippen molar-refractivity contribution < 1.29 is 29.0 Å². The highest BCUT2D eigenvalue weighted by Gasteiger charge is 2.61. The van der Waals surface area contributed by atoms with E-state index in [2.05, 4.69) is 24.5 Å². The number of nitrogens with one attached hydrogen (secondary N) is 2. The zero-order chi connectivity index (χ0) is 37.3. The Balaban J connectivity index is 1.25. The van der Waals surface area contributed by atoms with Gasteiger partial charge < -0.3 is 30.1 Å². The lowest BCUT2D eigenvalue weighted by molar-refractivity contribution is -0.145. The number of allylic oxidation sites excluding steroid dienone is 1. The van der Waals surface area contributed by atoms with Crippen LogP contribution in [0.5, 0.6) is 11.5 Å². The van der Waals surface area contributed by atoms with Crippen molar-refractivity contribution >= 4 is 45.7 Å². The molecule has 3 N–H and O–H groups in total. The molecular weight excluding hydrogens is 691 g/mol. The van der Waals surface area contributed by atoms with Gasteiger partial charge in [-0.05, 0) is 62.8 Å². The van der Waals surface area contributed by atoms with E-state index in [1.54, 1.807) is 12.0 Å². The highest BCUT2D eigenvalue weighted by atomic mass is 32.1. The Labute approximate surface area is 313 Å². The van der Waals surface area contributed by atoms with Crippen molar-refractivity contribution in [1.29, 1.82) is 0 Å². The molecule has 2 fully saturated rings. The van der Waals surface area contributed by atoms with E-state index in [0.717, 1.165) is 53.0 Å². The van der Waals surface area contributed by atoms with E-state index in [1.807, 2.05) is 73.0 Å². The third-order valence-electron chi connectivity index (χ3n) is 10.7. The van der Waals surface area contributed by atoms with Gasteiger partial charge in [-0.15, -0.1) is 11.3 Å². The number of aryl methyl sites for hydroxylation is 1. The highest BCUT2D eigenvalue weighted by Crippen LogP contribution is 2.46. The van der Waals surface area contributed by atoms with Crippen molar-refractivity contribution in [3.8, 4) is 22.2 Å². The molecule has 4 heterocycles. The summed E-state index contributed by atoms with van der Waals surface area (Å²) in [6.45, 7) is 6.31. The Bertz CT molecular complexity index is 2030. The van der Waals surface area contributed by atoms with Crippen molar-refractivity contribution in [3.63, 3.8) is 0 Å². The molecule has 1 saturated heterocycles. The molecule has 2 aliphatic heterocycles. The minimum absolute atomic E-state index is 0.149. The van der Waals surface area contributed by atoms with Crippen LogP contribution in [0.3, 0.4) is 0 Å². The van der Waals surface area contributed by atoms with Gasteiger partial charge >= 0.3 is 5.97 Å². The third kappa shape index (κ3) is 7.46. The van der Waals surface area contributed by atoms with E-state index < -0.39 is 35.6 Å². The molecule has 2 aromatic heterocycles. The summed E-state index contributed by atoms with van der Waals surface area (Å²) in [5.41, 5.74) is 2.63. The van der Waals surface area contributed by atoms with Gasteiger partial charge in [0.05, 0.1) is 24.9 Å². The fraction of sp³-hybridized carbons (Fsp3) is 0.439. The number of carboxylic acid groups (broad SMARTS) is 1. The number of carboxylic acids is 1. The van der Waals surface area contributed by atoms with Gasteiger partial charge in [-0.3, -0.25) is 9.59 Å². The Hall–Kier alpha value is -4.97. The van der Waals surface area contributed by atoms with Gasteiger partial charge in [-0.2, -0.15) is 0 Å². The van der Waals surface area contributed by atoms with E-state index in [0.29, 0.717) is 35.6 Å². The van der Waals surface area contributed by atoms with E-state index >= 15 is 0 Å². The Morgan fingerprint density at radius 1 is 1.09 bits per heavy atom. The molecule has 0 radical (unpaired) electrons. The molecule has 53 heavy (non-hydrogen) atoms. The van der Waals surface area contributed by atoms with Crippen LogP contribution in [0.1, 0.15) is 76.0 Å². The summed E-state index contributed by atoms with van der Waals surface area (Å²) in [5, 5.41) is 20.2. The first kappa shape index (κ1) is 36.4. The van der Waals surface area contributed by atoms with Gasteiger partial charge in [0.2, 0.25) is 11.8 Å². The van der Waals surface area contributed by atoms with Crippen LogP contribution < -0.4 is 20.1 Å². The van der Waals surface area contributed by atoms with Crippen LogP contribution >= 0.6 is 11.3 Å². The first-order chi connectivity index (χ1) is 25.6. The molecule has 4 aromatic rings. The Kier molecular flexibility index (Phi) is 10.4. The average Bonchev–Trinajstić information content (AvgIpc) is 3.44. The monoisotopic (exact) mass is 737 g/mol. The van der Waals surface area contributed by atoms with Gasteiger partial charge in [-0.1, -0.05) is 57.0 Å². The number of thiazole rings is 1. The Morgan fingerprint density at radius 2 is 1.91 bits per heavy atom. The third-order valence-corrected chi connectivity index (χ3v) is 11.6. The molecule has 2 aromatic carbocycles. The number of ether oxygens (including phenoxy) is 2. The lowest BCUT2D eigenvalue weighted by atomic mass is 10.0. The maximum Gasteiger partial charge on any atom is 0.330 e. The number of rotatable bonds is 8. The zero-order valence-corrected chi connectivity index (χ0v) is 31.4. The number of benzene rings is 2. The summed E-state index contributed by atoms with van der Waals surface area (Å²) >= 11 is 1.52. The number of methoxy groups -OCH3 is 1. The van der Waals surface area contributed by atoms with Crippen molar-refractivity contribution in [2.75, 3.05) is 19.0 Å². The fourth-order valence-electron chi connectivity index (χ4n) is 7.54. The number of aromatic nitrogens is 2. The number of pyridine rings is 1. The quantitative estimate of drug-likeness (QED) is 0.161. The molecule has 7 rings (SSSR count). The molecule has 11 nitrogen and oxygen atoms in total. The largest absolute Gasteiger partial charge is 0.496 e. The molecule has 0 spiro atoms. The second kappa shape index (κ2) is 15.2. The number of fused-ring (bicyclic) bond motifs is 3. The van der Waals surface area contributed by atoms with Crippen LogP contribution in [0.2, 0.25) is 0 Å². The number of hydrogen-bond acceptors (Lipinski definition) is 9. The van der Waals surface area contributed by atoms with Crippen molar-refractivity contribution in [3.05, 3.63) is 77.3 Å². The van der Waals surface area contributed by atoms with Crippen molar-refractivity contribution in [2.24, 2.45) is 5.92 Å². The minimum atomic E-state index is -1.39. The van der Waals surface area contributed by atoms with E-state index in [4.69, 9.17) is 19.4 Å². The molecule has 1 saturated carbocycles. The molecule has 12 heteroatoms. The topological polar surface area (TPSA) is 143 Å². The highest BCUT2D eigenvalue weighted by molar-refractivity contribution is 7.13. The van der Waals surface area contributed by atoms with E-state index in [1.165, 1.54) is 11.3 Å². The van der Waals surface area contributed by atoms with Gasteiger partial charge in [0.15, 0.2) is 0 Å². The lowest BCUT2D eigenvalue weighted by Crippen LogP contribution is -2.55. The molecule has 3 aliphatic rings. The predicted molar refractivity (Wildman–Crippen MR) is 205 cm³/mol. The van der Waals surface area contributed by atoms with Crippen LogP contribution in [0.4, 0.5) is 5.69 Å². The smallest absolute Gasteiger partial charge is 0.330 e. The maximum absolute atomic E-state index is 14.6. The fourth-order valence-corrected chi connectivity index (χ4v) is 8.48. The SMILES string of the molecule is COc1ccc2c(O[C@@H]3C[C@H]4C(=O)N[C@]5(C(=O)O)C[C@H]5C=CCCCCC[C@H](Nc5ccccc5)C(=O)N4C3)cc(-c3nc(C(C)C)cs3)nc2c1C. The first-order valence-electron chi connectivity index (χ1n) is 18.5. The summed E-state index contributed by atoms with van der Waals surface area (Å²) in [5.74, 6) is -0.554.